The first kappa shape index (κ1) is 17.6. The van der Waals surface area contributed by atoms with Crippen LogP contribution in [0.3, 0.4) is 0 Å². The number of likely N-dealkylation sites (tertiary alicyclic amines) is 1. The lowest BCUT2D eigenvalue weighted by Gasteiger charge is -2.28. The first-order chi connectivity index (χ1) is 13.2. The number of Topliss-reactive ketones (excluding diaryl/α,β-unsaturated/α-hetero) is 1. The van der Waals surface area contributed by atoms with Gasteiger partial charge in [0.1, 0.15) is 18.2 Å². The maximum Gasteiger partial charge on any atom is 0.166 e. The van der Waals surface area contributed by atoms with Crippen molar-refractivity contribution in [3.8, 4) is 11.4 Å². The van der Waals surface area contributed by atoms with Gasteiger partial charge in [-0.05, 0) is 24.3 Å². The monoisotopic (exact) mass is 364 g/mol. The van der Waals surface area contributed by atoms with Gasteiger partial charge >= 0.3 is 0 Å². The number of imidazole rings is 1. The van der Waals surface area contributed by atoms with Crippen molar-refractivity contribution in [2.24, 2.45) is 5.92 Å². The minimum absolute atomic E-state index is 0.0425. The van der Waals surface area contributed by atoms with Gasteiger partial charge in [0, 0.05) is 29.9 Å². The highest BCUT2D eigenvalue weighted by atomic mass is 19.1. The Labute approximate surface area is 158 Å². The number of H-pyrrole nitrogens is 1. The fourth-order valence-corrected chi connectivity index (χ4v) is 3.78. The van der Waals surface area contributed by atoms with E-state index in [9.17, 15) is 9.18 Å². The van der Waals surface area contributed by atoms with E-state index in [1.165, 1.54) is 17.0 Å². The van der Waals surface area contributed by atoms with Crippen molar-refractivity contribution >= 4 is 5.78 Å². The van der Waals surface area contributed by atoms with E-state index in [-0.39, 0.29) is 17.5 Å². The van der Waals surface area contributed by atoms with Gasteiger partial charge in [0.25, 0.3) is 0 Å². The summed E-state index contributed by atoms with van der Waals surface area (Å²) in [6, 6.07) is 16.0. The number of piperidine rings is 1. The Kier molecular flexibility index (Phi) is 5.12. The van der Waals surface area contributed by atoms with Crippen molar-refractivity contribution in [3.63, 3.8) is 0 Å². The van der Waals surface area contributed by atoms with E-state index in [0.717, 1.165) is 49.6 Å². The van der Waals surface area contributed by atoms with Crippen LogP contribution in [0.15, 0.2) is 60.8 Å². The van der Waals surface area contributed by atoms with E-state index < -0.39 is 0 Å². The molecule has 1 aromatic heterocycles. The Bertz CT molecular complexity index is 897. The SMILES string of the molecule is O=C(c1ccc(F)cc1)C1CC[NH+](Cc2cnc(-c3ccccc3)[nH]2)CC1. The van der Waals surface area contributed by atoms with Crippen molar-refractivity contribution in [1.29, 1.82) is 0 Å². The lowest BCUT2D eigenvalue weighted by atomic mass is 9.89. The number of carbonyl (C=O) groups excluding carboxylic acids is 1. The first-order valence-corrected chi connectivity index (χ1v) is 9.42. The first-order valence-electron chi connectivity index (χ1n) is 9.42. The highest BCUT2D eigenvalue weighted by Gasteiger charge is 2.28. The third kappa shape index (κ3) is 4.14. The molecule has 27 heavy (non-hydrogen) atoms. The molecule has 4 nitrogen and oxygen atoms in total. The number of nitrogens with zero attached hydrogens (tertiary/aromatic N) is 1. The summed E-state index contributed by atoms with van der Waals surface area (Å²) in [5.41, 5.74) is 2.82. The largest absolute Gasteiger partial charge is 0.337 e. The highest BCUT2D eigenvalue weighted by molar-refractivity contribution is 5.97. The zero-order valence-electron chi connectivity index (χ0n) is 15.1. The summed E-state index contributed by atoms with van der Waals surface area (Å²) >= 11 is 0. The number of halogens is 1. The van der Waals surface area contributed by atoms with E-state index in [1.807, 2.05) is 36.5 Å². The Hall–Kier alpha value is -2.79. The van der Waals surface area contributed by atoms with Crippen LogP contribution in [-0.4, -0.2) is 28.8 Å². The molecule has 5 heteroatoms. The molecule has 0 bridgehead atoms. The molecule has 0 saturated carbocycles. The number of quaternary nitrogens is 1. The molecule has 1 saturated heterocycles. The second-order valence-corrected chi connectivity index (χ2v) is 7.20. The van der Waals surface area contributed by atoms with Crippen LogP contribution in [-0.2, 0) is 6.54 Å². The molecular formula is C22H23FN3O+. The van der Waals surface area contributed by atoms with Crippen LogP contribution in [0.5, 0.6) is 0 Å². The predicted molar refractivity (Wildman–Crippen MR) is 102 cm³/mol. The van der Waals surface area contributed by atoms with Crippen LogP contribution in [0.25, 0.3) is 11.4 Å². The minimum Gasteiger partial charge on any atom is -0.337 e. The van der Waals surface area contributed by atoms with Crippen LogP contribution in [0.1, 0.15) is 28.9 Å². The zero-order valence-corrected chi connectivity index (χ0v) is 15.1. The number of hydrogen-bond donors (Lipinski definition) is 2. The second-order valence-electron chi connectivity index (χ2n) is 7.20. The van der Waals surface area contributed by atoms with Gasteiger partial charge in [-0.25, -0.2) is 9.37 Å². The number of nitrogens with one attached hydrogen (secondary N) is 2. The molecule has 0 atom stereocenters. The second kappa shape index (κ2) is 7.84. The van der Waals surface area contributed by atoms with Crippen molar-refractivity contribution in [3.05, 3.63) is 77.9 Å². The van der Waals surface area contributed by atoms with Gasteiger partial charge in [0.2, 0.25) is 0 Å². The molecule has 0 radical (unpaired) electrons. The summed E-state index contributed by atoms with van der Waals surface area (Å²) < 4.78 is 13.0. The van der Waals surface area contributed by atoms with Gasteiger partial charge in [-0.3, -0.25) is 4.79 Å². The normalized spacial score (nSPS) is 19.7. The van der Waals surface area contributed by atoms with E-state index in [1.54, 1.807) is 12.1 Å². The molecule has 1 aliphatic rings. The number of aromatic nitrogens is 2. The molecule has 1 aliphatic heterocycles. The summed E-state index contributed by atoms with van der Waals surface area (Å²) in [5, 5.41) is 0. The van der Waals surface area contributed by atoms with Gasteiger partial charge < -0.3 is 9.88 Å². The van der Waals surface area contributed by atoms with Crippen molar-refractivity contribution in [2.45, 2.75) is 19.4 Å². The molecule has 138 valence electrons. The van der Waals surface area contributed by atoms with Crippen LogP contribution in [0.4, 0.5) is 4.39 Å². The topological polar surface area (TPSA) is 50.2 Å². The van der Waals surface area contributed by atoms with Gasteiger partial charge in [-0.15, -0.1) is 0 Å². The van der Waals surface area contributed by atoms with Gasteiger partial charge in [-0.2, -0.15) is 0 Å². The third-order valence-electron chi connectivity index (χ3n) is 5.31. The predicted octanol–water partition coefficient (Wildman–Crippen LogP) is 2.89. The molecule has 4 rings (SSSR count). The van der Waals surface area contributed by atoms with Crippen molar-refractivity contribution in [2.75, 3.05) is 13.1 Å². The lowest BCUT2D eigenvalue weighted by molar-refractivity contribution is -0.919. The highest BCUT2D eigenvalue weighted by Crippen LogP contribution is 2.18. The average molecular weight is 364 g/mol. The molecule has 0 aliphatic carbocycles. The molecule has 0 amide bonds. The van der Waals surface area contributed by atoms with Gasteiger partial charge in [0.05, 0.1) is 25.0 Å². The minimum atomic E-state index is -0.305. The number of aromatic amines is 1. The Balaban J connectivity index is 1.33. The summed E-state index contributed by atoms with van der Waals surface area (Å²) in [4.78, 5) is 21.9. The summed E-state index contributed by atoms with van der Waals surface area (Å²) in [6.07, 6.45) is 3.64. The van der Waals surface area contributed by atoms with E-state index in [4.69, 9.17) is 0 Å². The maximum atomic E-state index is 13.0. The van der Waals surface area contributed by atoms with Crippen molar-refractivity contribution in [1.82, 2.24) is 9.97 Å². The molecule has 1 fully saturated rings. The molecule has 3 aromatic rings. The van der Waals surface area contributed by atoms with Gasteiger partial charge in [0.15, 0.2) is 5.78 Å². The van der Waals surface area contributed by atoms with Crippen LogP contribution >= 0.6 is 0 Å². The summed E-state index contributed by atoms with van der Waals surface area (Å²) in [6.45, 7) is 2.80. The zero-order chi connectivity index (χ0) is 18.6. The smallest absolute Gasteiger partial charge is 0.166 e. The molecule has 2 aromatic carbocycles. The summed E-state index contributed by atoms with van der Waals surface area (Å²) in [7, 11) is 0. The fraction of sp³-hybridized carbons (Fsp3) is 0.273. The number of benzene rings is 2. The Morgan fingerprint density at radius 3 is 2.48 bits per heavy atom. The number of carbonyl (C=O) groups is 1. The Morgan fingerprint density at radius 1 is 1.07 bits per heavy atom. The number of ketones is 1. The average Bonchev–Trinajstić information content (AvgIpc) is 3.18. The molecule has 2 heterocycles. The van der Waals surface area contributed by atoms with Crippen LogP contribution in [0, 0.1) is 11.7 Å². The number of rotatable bonds is 5. The fourth-order valence-electron chi connectivity index (χ4n) is 3.78. The maximum absolute atomic E-state index is 13.0. The van der Waals surface area contributed by atoms with Crippen LogP contribution in [0.2, 0.25) is 0 Å². The van der Waals surface area contributed by atoms with E-state index in [0.29, 0.717) is 5.56 Å². The van der Waals surface area contributed by atoms with E-state index in [2.05, 4.69) is 9.97 Å². The van der Waals surface area contributed by atoms with E-state index >= 15 is 0 Å². The van der Waals surface area contributed by atoms with Crippen molar-refractivity contribution < 1.29 is 14.1 Å². The quantitative estimate of drug-likeness (QED) is 0.684. The molecule has 0 spiro atoms. The number of hydrogen-bond acceptors (Lipinski definition) is 2. The third-order valence-corrected chi connectivity index (χ3v) is 5.31. The lowest BCUT2D eigenvalue weighted by Crippen LogP contribution is -3.11. The Morgan fingerprint density at radius 2 is 1.78 bits per heavy atom. The molecular weight excluding hydrogens is 341 g/mol. The van der Waals surface area contributed by atoms with Gasteiger partial charge in [-0.1, -0.05) is 30.3 Å². The van der Waals surface area contributed by atoms with Crippen LogP contribution < -0.4 is 4.90 Å². The molecule has 2 N–H and O–H groups in total. The molecule has 0 unspecified atom stereocenters. The standard InChI is InChI=1S/C22H22FN3O/c23-19-8-6-16(7-9-19)21(27)17-10-12-26(13-11-17)15-20-14-24-22(25-20)18-4-2-1-3-5-18/h1-9,14,17H,10-13,15H2,(H,24,25)/p+1. The summed E-state index contributed by atoms with van der Waals surface area (Å²) in [5.74, 6) is 0.773.